The van der Waals surface area contributed by atoms with Crippen LogP contribution in [0.4, 0.5) is 0 Å². The summed E-state index contributed by atoms with van der Waals surface area (Å²) in [5.41, 5.74) is 1.11. The predicted molar refractivity (Wildman–Crippen MR) is 92.9 cm³/mol. The van der Waals surface area contributed by atoms with E-state index in [1.54, 1.807) is 0 Å². The van der Waals surface area contributed by atoms with E-state index >= 15 is 0 Å². The second-order valence-electron chi connectivity index (χ2n) is 5.72. The Morgan fingerprint density at radius 3 is 2.52 bits per heavy atom. The highest BCUT2D eigenvalue weighted by Gasteiger charge is 2.08. The summed E-state index contributed by atoms with van der Waals surface area (Å²) in [5.74, 6) is 1.39. The minimum Gasteiger partial charge on any atom is -0.492 e. The van der Waals surface area contributed by atoms with Gasteiger partial charge in [-0.3, -0.25) is 0 Å². The number of hydrogen-bond donors (Lipinski definition) is 1. The summed E-state index contributed by atoms with van der Waals surface area (Å²) in [6, 6.07) is 3.76. The number of hydrogen-bond acceptors (Lipinski definition) is 2. The first-order valence-electron chi connectivity index (χ1n) is 7.86. The summed E-state index contributed by atoms with van der Waals surface area (Å²) in [6.07, 6.45) is 4.50. The van der Waals surface area contributed by atoms with Gasteiger partial charge in [0.15, 0.2) is 0 Å². The zero-order chi connectivity index (χ0) is 15.7. The molecule has 1 rings (SSSR count). The average Bonchev–Trinajstić information content (AvgIpc) is 2.42. The Balaban J connectivity index is 2.30. The lowest BCUT2D eigenvalue weighted by molar-refractivity contribution is 0.340. The Kier molecular flexibility index (Phi) is 9.14. The third-order valence-corrected chi connectivity index (χ3v) is 3.90. The van der Waals surface area contributed by atoms with E-state index in [0.29, 0.717) is 17.4 Å². The topological polar surface area (TPSA) is 21.3 Å². The van der Waals surface area contributed by atoms with E-state index in [4.69, 9.17) is 27.9 Å². The minimum atomic E-state index is 0.596. The zero-order valence-electron chi connectivity index (χ0n) is 13.3. The third kappa shape index (κ3) is 7.39. The first-order valence-corrected chi connectivity index (χ1v) is 8.61. The molecule has 0 aliphatic rings. The third-order valence-electron chi connectivity index (χ3n) is 3.25. The highest BCUT2D eigenvalue weighted by molar-refractivity contribution is 6.34. The molecule has 4 heteroatoms. The summed E-state index contributed by atoms with van der Waals surface area (Å²) in [6.45, 7) is 9.18. The molecule has 0 atom stereocenters. The normalized spacial score (nSPS) is 11.1. The van der Waals surface area contributed by atoms with E-state index in [-0.39, 0.29) is 0 Å². The fourth-order valence-electron chi connectivity index (χ4n) is 2.16. The van der Waals surface area contributed by atoms with Gasteiger partial charge in [-0.05, 0) is 56.8 Å². The second kappa shape index (κ2) is 10.3. The standard InChI is InChI=1S/C17H27Cl2NO/c1-4-21-17-11-15(18)14(10-16(17)19)8-6-5-7-9-20-12-13(2)3/h10-11,13,20H,4-9,12H2,1-3H3. The van der Waals surface area contributed by atoms with Crippen molar-refractivity contribution in [3.8, 4) is 5.75 Å². The molecule has 0 amide bonds. The Hall–Kier alpha value is -0.440. The molecule has 0 heterocycles. The summed E-state index contributed by atoms with van der Waals surface area (Å²) in [7, 11) is 0. The lowest BCUT2D eigenvalue weighted by Gasteiger charge is -2.10. The van der Waals surface area contributed by atoms with Gasteiger partial charge in [-0.15, -0.1) is 0 Å². The van der Waals surface area contributed by atoms with Crippen LogP contribution in [0.5, 0.6) is 5.75 Å². The first-order chi connectivity index (χ1) is 10.0. The number of benzene rings is 1. The van der Waals surface area contributed by atoms with Gasteiger partial charge in [-0.25, -0.2) is 0 Å². The quantitative estimate of drug-likeness (QED) is 0.583. The van der Waals surface area contributed by atoms with E-state index in [0.717, 1.165) is 42.4 Å². The molecule has 0 saturated heterocycles. The van der Waals surface area contributed by atoms with Crippen LogP contribution in [0.1, 0.15) is 45.6 Å². The van der Waals surface area contributed by atoms with Crippen LogP contribution in [0.25, 0.3) is 0 Å². The maximum absolute atomic E-state index is 6.28. The van der Waals surface area contributed by atoms with Crippen LogP contribution in [-0.2, 0) is 6.42 Å². The smallest absolute Gasteiger partial charge is 0.139 e. The molecule has 0 saturated carbocycles. The molecule has 1 aromatic carbocycles. The first kappa shape index (κ1) is 18.6. The van der Waals surface area contributed by atoms with Gasteiger partial charge in [0.05, 0.1) is 11.6 Å². The number of rotatable bonds is 10. The fourth-order valence-corrected chi connectivity index (χ4v) is 2.65. The molecule has 0 spiro atoms. The van der Waals surface area contributed by atoms with Crippen LogP contribution in [0.15, 0.2) is 12.1 Å². The van der Waals surface area contributed by atoms with Gasteiger partial charge in [0, 0.05) is 11.1 Å². The molecule has 0 fully saturated rings. The molecule has 1 N–H and O–H groups in total. The number of halogens is 2. The van der Waals surface area contributed by atoms with Crippen molar-refractivity contribution >= 4 is 23.2 Å². The van der Waals surface area contributed by atoms with Crippen LogP contribution in [0.2, 0.25) is 10.0 Å². The predicted octanol–water partition coefficient (Wildman–Crippen LogP) is 5.35. The van der Waals surface area contributed by atoms with Gasteiger partial charge in [0.2, 0.25) is 0 Å². The van der Waals surface area contributed by atoms with Crippen LogP contribution >= 0.6 is 23.2 Å². The second-order valence-corrected chi connectivity index (χ2v) is 6.53. The lowest BCUT2D eigenvalue weighted by atomic mass is 10.1. The number of nitrogens with one attached hydrogen (secondary N) is 1. The summed E-state index contributed by atoms with van der Waals surface area (Å²) in [5, 5.41) is 4.86. The lowest BCUT2D eigenvalue weighted by Crippen LogP contribution is -2.20. The number of unbranched alkanes of at least 4 members (excludes halogenated alkanes) is 2. The van der Waals surface area contributed by atoms with Crippen molar-refractivity contribution in [2.45, 2.75) is 46.5 Å². The maximum atomic E-state index is 6.28. The molecular formula is C17H27Cl2NO. The molecule has 0 aromatic heterocycles. The van der Waals surface area contributed by atoms with Crippen molar-refractivity contribution < 1.29 is 4.74 Å². The summed E-state index contributed by atoms with van der Waals surface area (Å²) >= 11 is 12.5. The molecule has 21 heavy (non-hydrogen) atoms. The Labute approximate surface area is 139 Å². The van der Waals surface area contributed by atoms with Crippen LogP contribution in [-0.4, -0.2) is 19.7 Å². The summed E-state index contributed by atoms with van der Waals surface area (Å²) < 4.78 is 5.44. The van der Waals surface area contributed by atoms with E-state index in [1.165, 1.54) is 12.8 Å². The van der Waals surface area contributed by atoms with E-state index in [1.807, 2.05) is 19.1 Å². The SMILES string of the molecule is CCOc1cc(Cl)c(CCCCCNCC(C)C)cc1Cl. The molecule has 0 bridgehead atoms. The van der Waals surface area contributed by atoms with Gasteiger partial charge in [0.25, 0.3) is 0 Å². The van der Waals surface area contributed by atoms with Crippen LogP contribution in [0.3, 0.4) is 0 Å². The Bertz CT molecular complexity index is 421. The molecular weight excluding hydrogens is 305 g/mol. The number of ether oxygens (including phenoxy) is 1. The van der Waals surface area contributed by atoms with E-state index in [9.17, 15) is 0 Å². The molecule has 0 aliphatic heterocycles. The van der Waals surface area contributed by atoms with Crippen molar-refractivity contribution in [3.63, 3.8) is 0 Å². The van der Waals surface area contributed by atoms with Crippen molar-refractivity contribution in [2.24, 2.45) is 5.92 Å². The Morgan fingerprint density at radius 2 is 1.86 bits per heavy atom. The summed E-state index contributed by atoms with van der Waals surface area (Å²) in [4.78, 5) is 0. The van der Waals surface area contributed by atoms with Gasteiger partial charge in [0.1, 0.15) is 5.75 Å². The Morgan fingerprint density at radius 1 is 1.10 bits per heavy atom. The van der Waals surface area contributed by atoms with Crippen LogP contribution < -0.4 is 10.1 Å². The van der Waals surface area contributed by atoms with Crippen molar-refractivity contribution in [3.05, 3.63) is 27.7 Å². The zero-order valence-corrected chi connectivity index (χ0v) is 14.9. The van der Waals surface area contributed by atoms with Gasteiger partial charge in [-0.2, -0.15) is 0 Å². The van der Waals surface area contributed by atoms with Gasteiger partial charge >= 0.3 is 0 Å². The molecule has 1 aromatic rings. The van der Waals surface area contributed by atoms with Crippen molar-refractivity contribution in [1.82, 2.24) is 5.32 Å². The molecule has 0 aliphatic carbocycles. The van der Waals surface area contributed by atoms with Gasteiger partial charge < -0.3 is 10.1 Å². The molecule has 0 unspecified atom stereocenters. The van der Waals surface area contributed by atoms with Crippen LogP contribution in [0, 0.1) is 5.92 Å². The average molecular weight is 332 g/mol. The van der Waals surface area contributed by atoms with Crippen molar-refractivity contribution in [2.75, 3.05) is 19.7 Å². The van der Waals surface area contributed by atoms with Gasteiger partial charge in [-0.1, -0.05) is 43.5 Å². The van der Waals surface area contributed by atoms with E-state index < -0.39 is 0 Å². The maximum Gasteiger partial charge on any atom is 0.139 e. The van der Waals surface area contributed by atoms with Crippen molar-refractivity contribution in [1.29, 1.82) is 0 Å². The minimum absolute atomic E-state index is 0.596. The molecule has 0 radical (unpaired) electrons. The monoisotopic (exact) mass is 331 g/mol. The highest BCUT2D eigenvalue weighted by atomic mass is 35.5. The fraction of sp³-hybridized carbons (Fsp3) is 0.647. The highest BCUT2D eigenvalue weighted by Crippen LogP contribution is 2.32. The molecule has 120 valence electrons. The number of aryl methyl sites for hydroxylation is 1. The molecule has 2 nitrogen and oxygen atoms in total. The van der Waals surface area contributed by atoms with E-state index in [2.05, 4.69) is 19.2 Å². The largest absolute Gasteiger partial charge is 0.492 e.